The highest BCUT2D eigenvalue weighted by Gasteiger charge is 2.42. The van der Waals surface area contributed by atoms with Gasteiger partial charge in [0, 0.05) is 28.8 Å². The Labute approximate surface area is 570 Å². The van der Waals surface area contributed by atoms with Crippen LogP contribution in [0.15, 0.2) is 146 Å². The zero-order chi connectivity index (χ0) is 69.8. The highest BCUT2D eigenvalue weighted by atomic mass is 19.3. The fraction of sp³-hybridized carbons (Fsp3) is 0.459. The number of hydrogen-bond acceptors (Lipinski definition) is 1. The zero-order valence-corrected chi connectivity index (χ0v) is 57.6. The summed E-state index contributed by atoms with van der Waals surface area (Å²) in [6.07, 6.45) is 36.0. The zero-order valence-electron chi connectivity index (χ0n) is 57.6. The Balaban J connectivity index is 0.000000174. The molecule has 11 rings (SSSR count). The molecule has 4 fully saturated rings. The van der Waals surface area contributed by atoms with Crippen molar-refractivity contribution >= 4 is 0 Å². The number of rotatable bonds is 19. The quantitative estimate of drug-likeness (QED) is 0.0445. The van der Waals surface area contributed by atoms with Gasteiger partial charge in [-0.2, -0.15) is 8.78 Å². The Morgan fingerprint density at radius 2 is 0.753 bits per heavy atom. The smallest absolute Gasteiger partial charge is 0.429 e. The molecule has 0 spiro atoms. The van der Waals surface area contributed by atoms with Gasteiger partial charge in [0.15, 0.2) is 17.5 Å². The van der Waals surface area contributed by atoms with Gasteiger partial charge in [-0.1, -0.05) is 183 Å². The highest BCUT2D eigenvalue weighted by molar-refractivity contribution is 5.73. The molecule has 97 heavy (non-hydrogen) atoms. The summed E-state index contributed by atoms with van der Waals surface area (Å²) < 4.78 is 160. The van der Waals surface area contributed by atoms with Crippen LogP contribution in [0.4, 0.5) is 48.3 Å². The van der Waals surface area contributed by atoms with Crippen LogP contribution >= 0.6 is 0 Å². The maximum absolute atomic E-state index is 14.9. The fourth-order valence-electron chi connectivity index (χ4n) is 15.4. The maximum Gasteiger partial charge on any atom is 0.432 e. The molecule has 0 unspecified atom stereocenters. The van der Waals surface area contributed by atoms with Gasteiger partial charge in [0.2, 0.25) is 0 Å². The molecule has 0 atom stereocenters. The number of benzene rings is 7. The molecule has 7 aromatic carbocycles. The summed E-state index contributed by atoms with van der Waals surface area (Å²) in [4.78, 5) is 0. The number of aryl methyl sites for hydroxylation is 2. The van der Waals surface area contributed by atoms with Gasteiger partial charge >= 0.3 is 6.11 Å². The number of halogens is 11. The van der Waals surface area contributed by atoms with Gasteiger partial charge in [-0.25, -0.2) is 39.5 Å². The first-order chi connectivity index (χ1) is 46.6. The molecule has 4 aliphatic carbocycles. The van der Waals surface area contributed by atoms with Gasteiger partial charge in [0.1, 0.15) is 46.2 Å². The van der Waals surface area contributed by atoms with E-state index in [0.717, 1.165) is 109 Å². The molecule has 1 nitrogen and oxygen atoms in total. The summed E-state index contributed by atoms with van der Waals surface area (Å²) in [5, 5.41) is 0. The Morgan fingerprint density at radius 1 is 0.402 bits per heavy atom. The third-order valence-corrected chi connectivity index (χ3v) is 21.0. The lowest BCUT2D eigenvalue weighted by atomic mass is 9.69. The lowest BCUT2D eigenvalue weighted by molar-refractivity contribution is -0.189. The number of ether oxygens (including phenoxy) is 1. The normalized spacial score (nSPS) is 21.1. The summed E-state index contributed by atoms with van der Waals surface area (Å²) in [5.74, 6) is -4.23. The van der Waals surface area contributed by atoms with Gasteiger partial charge in [-0.3, -0.25) is 0 Å². The first-order valence-electron chi connectivity index (χ1n) is 35.9. The van der Waals surface area contributed by atoms with Gasteiger partial charge in [0.25, 0.3) is 0 Å². The van der Waals surface area contributed by atoms with E-state index in [1.165, 1.54) is 145 Å². The molecule has 522 valence electrons. The van der Waals surface area contributed by atoms with E-state index in [9.17, 15) is 48.3 Å². The fourth-order valence-corrected chi connectivity index (χ4v) is 15.4. The number of allylic oxidation sites excluding steroid dienone is 3. The van der Waals surface area contributed by atoms with E-state index >= 15 is 0 Å². The minimum atomic E-state index is -4.62. The van der Waals surface area contributed by atoms with Crippen molar-refractivity contribution < 1.29 is 53.0 Å². The Morgan fingerprint density at radius 3 is 1.10 bits per heavy atom. The average molecular weight is 1350 g/mol. The third-order valence-electron chi connectivity index (χ3n) is 21.0. The second-order valence-corrected chi connectivity index (χ2v) is 27.7. The molecule has 0 bridgehead atoms. The van der Waals surface area contributed by atoms with E-state index in [-0.39, 0.29) is 22.3 Å². The third kappa shape index (κ3) is 21.0. The molecule has 0 heterocycles. The monoisotopic (exact) mass is 1340 g/mol. The van der Waals surface area contributed by atoms with Crippen LogP contribution in [0.25, 0.3) is 44.5 Å². The molecule has 0 saturated heterocycles. The standard InChI is InChI=1S/C29H21F7O.C21H16F4.C18H32.C17H30/c1-3-4-17-5-7-18(8-6-17)19-9-10-22(25(32)11-19)20-12-26(33)28(27(34)13-20)29(35,36)37-21-14-23(30)16(2)24(31)15-21;1-2-3-13-4-6-14(7-5-13)15-8-9-17(18(22)10-15)16-11-19(23)21(25)20(24)12-16;1-3-5-15-7-11-17(12-8-15)18-13-9-16(6-4-2)10-14-18;1-3-5-15-8-12-17(13-9-15)16-10-6-14(4-2)7-11-16/h5-15H,3-4H2,1-2H3;4-12H,2-3H2,1H3;3,5,15-18H,4,6-14H2,1-2H3;4,14-17H,2-3,5-13H2,1H3/b;;5-3+;. The molecule has 12 heteroatoms. The topological polar surface area (TPSA) is 9.23 Å². The molecule has 4 aliphatic rings. The van der Waals surface area contributed by atoms with Gasteiger partial charge < -0.3 is 4.74 Å². The Bertz CT molecular complexity index is 3570. The lowest BCUT2D eigenvalue weighted by Crippen LogP contribution is -2.25. The number of alkyl halides is 2. The van der Waals surface area contributed by atoms with E-state index in [1.807, 2.05) is 48.5 Å². The minimum Gasteiger partial charge on any atom is -0.429 e. The summed E-state index contributed by atoms with van der Waals surface area (Å²) in [6, 6.07) is 27.4. The van der Waals surface area contributed by atoms with Crippen molar-refractivity contribution in [2.24, 2.45) is 47.3 Å². The van der Waals surface area contributed by atoms with Crippen molar-refractivity contribution in [1.29, 1.82) is 0 Å². The minimum absolute atomic E-state index is 0.0177. The summed E-state index contributed by atoms with van der Waals surface area (Å²) in [7, 11) is 0. The molecule has 0 N–H and O–H groups in total. The predicted octanol–water partition coefficient (Wildman–Crippen LogP) is 27.2. The van der Waals surface area contributed by atoms with Crippen molar-refractivity contribution in [3.8, 4) is 50.3 Å². The van der Waals surface area contributed by atoms with E-state index in [0.29, 0.717) is 35.4 Å². The van der Waals surface area contributed by atoms with Crippen LogP contribution in [0, 0.1) is 107 Å². The Kier molecular flexibility index (Phi) is 28.7. The van der Waals surface area contributed by atoms with Crippen molar-refractivity contribution in [3.05, 3.63) is 221 Å². The lowest BCUT2D eigenvalue weighted by Gasteiger charge is -2.37. The molecular formula is C85H99F11O. The van der Waals surface area contributed by atoms with Crippen LogP contribution in [0.2, 0.25) is 0 Å². The van der Waals surface area contributed by atoms with E-state index in [4.69, 9.17) is 0 Å². The van der Waals surface area contributed by atoms with E-state index in [1.54, 1.807) is 25.0 Å². The molecule has 4 saturated carbocycles. The summed E-state index contributed by atoms with van der Waals surface area (Å²) >= 11 is 0. The van der Waals surface area contributed by atoms with Crippen LogP contribution in [-0.2, 0) is 19.0 Å². The molecule has 0 aromatic heterocycles. The average Bonchev–Trinajstić information content (AvgIpc) is 0.793. The first kappa shape index (κ1) is 75.8. The van der Waals surface area contributed by atoms with Gasteiger partial charge in [-0.05, 0) is 232 Å². The van der Waals surface area contributed by atoms with Gasteiger partial charge in [0.05, 0.1) is 0 Å². The van der Waals surface area contributed by atoms with E-state index in [2.05, 4.69) is 64.2 Å². The SMILES string of the molecule is C/C=C/C1CCC(C2CCC(CCC)CC2)CC1.C=CC1CCC(C2CCC(CCC)CC2)CC1.CCCc1ccc(-c2ccc(-c3cc(F)c(C(F)(F)Oc4cc(F)c(C)c(F)c4)c(F)c3)c(F)c2)cc1.CCCc1ccc(-c2ccc(-c3cc(F)c(F)c(F)c3)c(F)c2)cc1. The molecular weight excluding hydrogens is 1250 g/mol. The van der Waals surface area contributed by atoms with Crippen molar-refractivity contribution in [1.82, 2.24) is 0 Å². The Hall–Kier alpha value is -6.95. The number of hydrogen-bond donors (Lipinski definition) is 0. The highest BCUT2D eigenvalue weighted by Crippen LogP contribution is 2.45. The maximum atomic E-state index is 14.9. The van der Waals surface area contributed by atoms with Crippen LogP contribution in [0.5, 0.6) is 5.75 Å². The van der Waals surface area contributed by atoms with Crippen molar-refractivity contribution in [3.63, 3.8) is 0 Å². The van der Waals surface area contributed by atoms with Crippen molar-refractivity contribution in [2.45, 2.75) is 202 Å². The molecule has 0 radical (unpaired) electrons. The summed E-state index contributed by atoms with van der Waals surface area (Å²) in [5.41, 5.74) is 2.36. The van der Waals surface area contributed by atoms with Crippen LogP contribution in [-0.4, -0.2) is 0 Å². The summed E-state index contributed by atoms with van der Waals surface area (Å²) in [6.45, 7) is 16.0. The van der Waals surface area contributed by atoms with Crippen LogP contribution in [0.1, 0.15) is 198 Å². The van der Waals surface area contributed by atoms with Crippen LogP contribution in [0.3, 0.4) is 0 Å². The van der Waals surface area contributed by atoms with Gasteiger partial charge in [-0.15, -0.1) is 6.58 Å². The second kappa shape index (κ2) is 36.8. The predicted molar refractivity (Wildman–Crippen MR) is 375 cm³/mol. The molecule has 7 aromatic rings. The molecule has 0 aliphatic heterocycles. The van der Waals surface area contributed by atoms with E-state index < -0.39 is 75.3 Å². The second-order valence-electron chi connectivity index (χ2n) is 27.7. The van der Waals surface area contributed by atoms with Crippen molar-refractivity contribution in [2.75, 3.05) is 0 Å². The molecule has 0 amide bonds. The largest absolute Gasteiger partial charge is 0.432 e. The van der Waals surface area contributed by atoms with Crippen LogP contribution < -0.4 is 4.74 Å². The first-order valence-corrected chi connectivity index (χ1v) is 35.9.